The maximum absolute atomic E-state index is 12.2. The van der Waals surface area contributed by atoms with E-state index in [1.54, 1.807) is 36.4 Å². The zero-order valence-electron chi connectivity index (χ0n) is 14.9. The van der Waals surface area contributed by atoms with Gasteiger partial charge in [0.1, 0.15) is 12.7 Å². The molecule has 1 aromatic rings. The number of esters is 2. The van der Waals surface area contributed by atoms with Crippen molar-refractivity contribution in [3.05, 3.63) is 72.4 Å². The molecule has 0 bridgehead atoms. The third-order valence-corrected chi connectivity index (χ3v) is 3.93. The van der Waals surface area contributed by atoms with E-state index in [0.29, 0.717) is 30.6 Å². The summed E-state index contributed by atoms with van der Waals surface area (Å²) in [5.74, 6) is -0.804. The molecule has 0 amide bonds. The standard InChI is InChI=1S/C21H24O5/c1-3-5-9-16(4-2)21(23)26-18-12-13-24-19(14-18)15-25-20(22)17-10-7-6-8-11-17/h3-11,18-19H,2,12-15H2,1H3/b5-3-,16-9+. The molecule has 0 N–H and O–H groups in total. The van der Waals surface area contributed by atoms with Crippen LogP contribution in [-0.2, 0) is 19.0 Å². The summed E-state index contributed by atoms with van der Waals surface area (Å²) >= 11 is 0. The van der Waals surface area contributed by atoms with Gasteiger partial charge in [-0.05, 0) is 25.1 Å². The lowest BCUT2D eigenvalue weighted by Crippen LogP contribution is -2.35. The normalized spacial score (nSPS) is 20.6. The molecule has 2 rings (SSSR count). The Kier molecular flexibility index (Phi) is 7.83. The minimum Gasteiger partial charge on any atom is -0.459 e. The van der Waals surface area contributed by atoms with E-state index in [9.17, 15) is 9.59 Å². The van der Waals surface area contributed by atoms with Gasteiger partial charge in [0.25, 0.3) is 0 Å². The molecular weight excluding hydrogens is 332 g/mol. The van der Waals surface area contributed by atoms with Crippen molar-refractivity contribution >= 4 is 11.9 Å². The number of benzene rings is 1. The summed E-state index contributed by atoms with van der Waals surface area (Å²) < 4.78 is 16.4. The molecule has 5 nitrogen and oxygen atoms in total. The average Bonchev–Trinajstić information content (AvgIpc) is 2.67. The van der Waals surface area contributed by atoms with Gasteiger partial charge in [0.15, 0.2) is 0 Å². The highest BCUT2D eigenvalue weighted by Gasteiger charge is 2.27. The molecule has 0 aliphatic carbocycles. The van der Waals surface area contributed by atoms with Crippen LogP contribution in [0.15, 0.2) is 66.8 Å². The van der Waals surface area contributed by atoms with Gasteiger partial charge in [-0.1, -0.05) is 43.0 Å². The summed E-state index contributed by atoms with van der Waals surface area (Å²) in [6.07, 6.45) is 7.25. The maximum Gasteiger partial charge on any atom is 0.338 e. The largest absolute Gasteiger partial charge is 0.459 e. The molecule has 0 saturated carbocycles. The SMILES string of the molecule is C=C/C(=C\C=C/C)C(=O)OC1CCOC(COC(=O)c2ccccc2)C1. The fourth-order valence-corrected chi connectivity index (χ4v) is 2.53. The van der Waals surface area contributed by atoms with Crippen LogP contribution < -0.4 is 0 Å². The highest BCUT2D eigenvalue weighted by Crippen LogP contribution is 2.19. The van der Waals surface area contributed by atoms with Crippen molar-refractivity contribution in [2.24, 2.45) is 0 Å². The number of hydrogen-bond donors (Lipinski definition) is 0. The van der Waals surface area contributed by atoms with Gasteiger partial charge in [0.2, 0.25) is 0 Å². The third kappa shape index (κ3) is 6.01. The Morgan fingerprint density at radius 2 is 2.08 bits per heavy atom. The molecule has 5 heteroatoms. The first-order valence-corrected chi connectivity index (χ1v) is 8.64. The van der Waals surface area contributed by atoms with Gasteiger partial charge in [-0.25, -0.2) is 9.59 Å². The molecule has 0 spiro atoms. The molecular formula is C21H24O5. The van der Waals surface area contributed by atoms with Crippen LogP contribution in [0.2, 0.25) is 0 Å². The fourth-order valence-electron chi connectivity index (χ4n) is 2.53. The Morgan fingerprint density at radius 3 is 2.77 bits per heavy atom. The monoisotopic (exact) mass is 356 g/mol. The van der Waals surface area contributed by atoms with Gasteiger partial charge in [-0.2, -0.15) is 0 Å². The molecule has 2 atom stereocenters. The van der Waals surface area contributed by atoms with E-state index >= 15 is 0 Å². The van der Waals surface area contributed by atoms with Crippen LogP contribution in [0.5, 0.6) is 0 Å². The lowest BCUT2D eigenvalue weighted by molar-refractivity contribution is -0.152. The van der Waals surface area contributed by atoms with Crippen LogP contribution in [0, 0.1) is 0 Å². The van der Waals surface area contributed by atoms with Crippen molar-refractivity contribution in [2.75, 3.05) is 13.2 Å². The van der Waals surface area contributed by atoms with Crippen molar-refractivity contribution in [3.8, 4) is 0 Å². The molecule has 1 heterocycles. The summed E-state index contributed by atoms with van der Waals surface area (Å²) in [7, 11) is 0. The van der Waals surface area contributed by atoms with Crippen molar-refractivity contribution in [2.45, 2.75) is 32.0 Å². The zero-order chi connectivity index (χ0) is 18.8. The van der Waals surface area contributed by atoms with Gasteiger partial charge < -0.3 is 14.2 Å². The summed E-state index contributed by atoms with van der Waals surface area (Å²) in [6.45, 7) is 6.08. The first-order valence-electron chi connectivity index (χ1n) is 8.64. The van der Waals surface area contributed by atoms with Crippen molar-refractivity contribution in [1.29, 1.82) is 0 Å². The van der Waals surface area contributed by atoms with Crippen LogP contribution in [0.3, 0.4) is 0 Å². The molecule has 2 unspecified atom stereocenters. The lowest BCUT2D eigenvalue weighted by Gasteiger charge is -2.29. The lowest BCUT2D eigenvalue weighted by atomic mass is 10.1. The van der Waals surface area contributed by atoms with Gasteiger partial charge in [-0.15, -0.1) is 0 Å². The molecule has 1 aliphatic heterocycles. The summed E-state index contributed by atoms with van der Waals surface area (Å²) in [5, 5.41) is 0. The molecule has 138 valence electrons. The summed E-state index contributed by atoms with van der Waals surface area (Å²) in [5.41, 5.74) is 0.901. The minimum atomic E-state index is -0.412. The van der Waals surface area contributed by atoms with Gasteiger partial charge in [0, 0.05) is 12.8 Å². The summed E-state index contributed by atoms with van der Waals surface area (Å²) in [4.78, 5) is 24.2. The highest BCUT2D eigenvalue weighted by atomic mass is 16.6. The molecule has 0 radical (unpaired) electrons. The second-order valence-corrected chi connectivity index (χ2v) is 5.86. The van der Waals surface area contributed by atoms with E-state index in [2.05, 4.69) is 6.58 Å². The first kappa shape index (κ1) is 19.7. The molecule has 1 aromatic carbocycles. The second kappa shape index (κ2) is 10.4. The predicted octanol–water partition coefficient (Wildman–Crippen LogP) is 3.62. The van der Waals surface area contributed by atoms with E-state index in [0.717, 1.165) is 0 Å². The molecule has 1 fully saturated rings. The van der Waals surface area contributed by atoms with Crippen LogP contribution in [0.1, 0.15) is 30.1 Å². The number of allylic oxidation sites excluding steroid dienone is 3. The van der Waals surface area contributed by atoms with Crippen LogP contribution in [-0.4, -0.2) is 37.4 Å². The summed E-state index contributed by atoms with van der Waals surface area (Å²) in [6, 6.07) is 8.79. The van der Waals surface area contributed by atoms with E-state index in [-0.39, 0.29) is 18.8 Å². The highest BCUT2D eigenvalue weighted by molar-refractivity contribution is 5.92. The number of carbonyl (C=O) groups excluding carboxylic acids is 2. The zero-order valence-corrected chi connectivity index (χ0v) is 14.9. The van der Waals surface area contributed by atoms with Gasteiger partial charge in [-0.3, -0.25) is 0 Å². The van der Waals surface area contributed by atoms with Crippen LogP contribution in [0.25, 0.3) is 0 Å². The van der Waals surface area contributed by atoms with Crippen LogP contribution >= 0.6 is 0 Å². The minimum absolute atomic E-state index is 0.129. The van der Waals surface area contributed by atoms with Crippen molar-refractivity contribution < 1.29 is 23.8 Å². The Balaban J connectivity index is 1.84. The number of ether oxygens (including phenoxy) is 3. The smallest absolute Gasteiger partial charge is 0.338 e. The van der Waals surface area contributed by atoms with E-state index < -0.39 is 11.9 Å². The third-order valence-electron chi connectivity index (χ3n) is 3.93. The molecule has 1 aliphatic rings. The number of carbonyl (C=O) groups is 2. The number of hydrogen-bond acceptors (Lipinski definition) is 5. The second-order valence-electron chi connectivity index (χ2n) is 5.86. The molecule has 26 heavy (non-hydrogen) atoms. The van der Waals surface area contributed by atoms with Crippen molar-refractivity contribution in [1.82, 2.24) is 0 Å². The van der Waals surface area contributed by atoms with E-state index in [4.69, 9.17) is 14.2 Å². The van der Waals surface area contributed by atoms with Gasteiger partial charge >= 0.3 is 11.9 Å². The predicted molar refractivity (Wildman–Crippen MR) is 98.7 cm³/mol. The van der Waals surface area contributed by atoms with Crippen molar-refractivity contribution in [3.63, 3.8) is 0 Å². The Labute approximate surface area is 153 Å². The van der Waals surface area contributed by atoms with E-state index in [1.807, 2.05) is 19.1 Å². The average molecular weight is 356 g/mol. The van der Waals surface area contributed by atoms with E-state index in [1.165, 1.54) is 6.08 Å². The molecule has 0 aromatic heterocycles. The Morgan fingerprint density at radius 1 is 1.31 bits per heavy atom. The maximum atomic E-state index is 12.2. The Hall–Kier alpha value is -2.66. The molecule has 1 saturated heterocycles. The van der Waals surface area contributed by atoms with Crippen LogP contribution in [0.4, 0.5) is 0 Å². The number of rotatable bonds is 7. The van der Waals surface area contributed by atoms with Gasteiger partial charge in [0.05, 0.1) is 23.8 Å². The fraction of sp³-hybridized carbons (Fsp3) is 0.333. The first-order chi connectivity index (χ1) is 12.6. The quantitative estimate of drug-likeness (QED) is 0.424. The topological polar surface area (TPSA) is 61.8 Å². The Bertz CT molecular complexity index is 675.